The van der Waals surface area contributed by atoms with Gasteiger partial charge in [0.25, 0.3) is 0 Å². The van der Waals surface area contributed by atoms with E-state index in [-0.39, 0.29) is 5.91 Å². The van der Waals surface area contributed by atoms with Crippen LogP contribution in [0.3, 0.4) is 0 Å². The zero-order chi connectivity index (χ0) is 16.6. The molecule has 0 bridgehead atoms. The highest BCUT2D eigenvalue weighted by Crippen LogP contribution is 2.29. The van der Waals surface area contributed by atoms with Gasteiger partial charge in [0.15, 0.2) is 4.34 Å². The molecule has 0 unspecified atom stereocenters. The monoisotopic (exact) mass is 355 g/mol. The molecule has 1 N–H and O–H groups in total. The first kappa shape index (κ1) is 16.7. The fourth-order valence-electron chi connectivity index (χ4n) is 2.08. The number of fused-ring (bicyclic) bond motifs is 1. The lowest BCUT2D eigenvalue weighted by atomic mass is 10.2. The number of aromatic nitrogens is 1. The minimum absolute atomic E-state index is 0.0629. The largest absolute Gasteiger partial charge is 0.273 e. The average molecular weight is 355 g/mol. The van der Waals surface area contributed by atoms with Crippen LogP contribution in [0, 0.1) is 0 Å². The number of amides is 1. The molecule has 24 heavy (non-hydrogen) atoms. The number of hydrogen-bond acceptors (Lipinski definition) is 5. The summed E-state index contributed by atoms with van der Waals surface area (Å²) in [5, 5.41) is 3.97. The topological polar surface area (TPSA) is 54.4 Å². The smallest absolute Gasteiger partial charge is 0.240 e. The third-order valence-corrected chi connectivity index (χ3v) is 5.52. The van der Waals surface area contributed by atoms with E-state index in [0.29, 0.717) is 6.42 Å². The summed E-state index contributed by atoms with van der Waals surface area (Å²) >= 11 is 3.39. The minimum atomic E-state index is -0.0629. The van der Waals surface area contributed by atoms with Gasteiger partial charge in [-0.05, 0) is 24.1 Å². The molecular weight excluding hydrogens is 338 g/mol. The molecule has 4 nitrogen and oxygen atoms in total. The van der Waals surface area contributed by atoms with Gasteiger partial charge in [0.1, 0.15) is 0 Å². The van der Waals surface area contributed by atoms with Crippen molar-refractivity contribution in [3.8, 4) is 0 Å². The van der Waals surface area contributed by atoms with Crippen molar-refractivity contribution in [2.75, 3.05) is 5.75 Å². The highest BCUT2D eigenvalue weighted by molar-refractivity contribution is 8.01. The van der Waals surface area contributed by atoms with Gasteiger partial charge in [0, 0.05) is 12.2 Å². The standard InChI is InChI=1S/C18H17N3OS2/c22-17(21-19-13-14-7-2-1-3-8-14)11-6-12-23-18-20-15-9-4-5-10-16(15)24-18/h1-5,7-10,13H,6,11-12H2,(H,21,22)/b19-13-. The van der Waals surface area contributed by atoms with Gasteiger partial charge < -0.3 is 0 Å². The molecular formula is C18H17N3OS2. The van der Waals surface area contributed by atoms with Crippen molar-refractivity contribution in [1.82, 2.24) is 10.4 Å². The second-order valence-electron chi connectivity index (χ2n) is 5.10. The SMILES string of the molecule is O=C(CCCSc1nc2ccccc2s1)N/N=C\c1ccccc1. The minimum Gasteiger partial charge on any atom is -0.273 e. The van der Waals surface area contributed by atoms with Crippen LogP contribution in [0.4, 0.5) is 0 Å². The van der Waals surface area contributed by atoms with Crippen molar-refractivity contribution in [2.45, 2.75) is 17.2 Å². The maximum atomic E-state index is 11.7. The number of thioether (sulfide) groups is 1. The molecule has 3 aromatic rings. The summed E-state index contributed by atoms with van der Waals surface area (Å²) in [4.78, 5) is 16.3. The highest BCUT2D eigenvalue weighted by atomic mass is 32.2. The predicted octanol–water partition coefficient (Wildman–Crippen LogP) is 4.32. The van der Waals surface area contributed by atoms with Crippen molar-refractivity contribution >= 4 is 45.4 Å². The molecule has 0 atom stereocenters. The molecule has 0 aliphatic carbocycles. The Hall–Kier alpha value is -2.18. The fraction of sp³-hybridized carbons (Fsp3) is 0.167. The zero-order valence-electron chi connectivity index (χ0n) is 13.0. The molecule has 1 aromatic heterocycles. The number of carbonyl (C=O) groups excluding carboxylic acids is 1. The van der Waals surface area contributed by atoms with Crippen molar-refractivity contribution in [3.05, 3.63) is 60.2 Å². The Morgan fingerprint density at radius 3 is 2.79 bits per heavy atom. The molecule has 0 aliphatic heterocycles. The summed E-state index contributed by atoms with van der Waals surface area (Å²) in [6.07, 6.45) is 2.91. The predicted molar refractivity (Wildman–Crippen MR) is 102 cm³/mol. The molecule has 0 fully saturated rings. The van der Waals surface area contributed by atoms with E-state index in [0.717, 1.165) is 27.6 Å². The Labute approximate surface area is 149 Å². The molecule has 3 rings (SSSR count). The van der Waals surface area contributed by atoms with Crippen molar-refractivity contribution in [1.29, 1.82) is 0 Å². The zero-order valence-corrected chi connectivity index (χ0v) is 14.6. The Morgan fingerprint density at radius 2 is 1.96 bits per heavy atom. The average Bonchev–Trinajstić information content (AvgIpc) is 3.02. The summed E-state index contributed by atoms with van der Waals surface area (Å²) < 4.78 is 2.26. The van der Waals surface area contributed by atoms with Crippen LogP contribution < -0.4 is 5.43 Å². The van der Waals surface area contributed by atoms with Gasteiger partial charge in [0.2, 0.25) is 5.91 Å². The summed E-state index contributed by atoms with van der Waals surface area (Å²) in [7, 11) is 0. The van der Waals surface area contributed by atoms with Gasteiger partial charge in [-0.15, -0.1) is 11.3 Å². The van der Waals surface area contributed by atoms with Gasteiger partial charge in [0.05, 0.1) is 16.4 Å². The lowest BCUT2D eigenvalue weighted by molar-refractivity contribution is -0.121. The number of carbonyl (C=O) groups is 1. The third kappa shape index (κ3) is 4.91. The van der Waals surface area contributed by atoms with Crippen molar-refractivity contribution < 1.29 is 4.79 Å². The number of hydrazone groups is 1. The van der Waals surface area contributed by atoms with Gasteiger partial charge in [-0.1, -0.05) is 54.2 Å². The molecule has 6 heteroatoms. The van der Waals surface area contributed by atoms with E-state index < -0.39 is 0 Å². The van der Waals surface area contributed by atoms with E-state index in [2.05, 4.69) is 21.6 Å². The second-order valence-corrected chi connectivity index (χ2v) is 7.48. The van der Waals surface area contributed by atoms with E-state index in [1.165, 1.54) is 4.70 Å². The maximum absolute atomic E-state index is 11.7. The summed E-state index contributed by atoms with van der Waals surface area (Å²) in [6.45, 7) is 0. The summed E-state index contributed by atoms with van der Waals surface area (Å²) in [5.41, 5.74) is 4.56. The van der Waals surface area contributed by atoms with Gasteiger partial charge in [-0.2, -0.15) is 5.10 Å². The van der Waals surface area contributed by atoms with Crippen LogP contribution in [0.25, 0.3) is 10.2 Å². The van der Waals surface area contributed by atoms with Crippen LogP contribution in [-0.2, 0) is 4.79 Å². The summed E-state index contributed by atoms with van der Waals surface area (Å²) in [5.74, 6) is 0.808. The van der Waals surface area contributed by atoms with Gasteiger partial charge in [-0.25, -0.2) is 10.4 Å². The van der Waals surface area contributed by atoms with E-state index in [4.69, 9.17) is 0 Å². The van der Waals surface area contributed by atoms with Crippen LogP contribution in [0.2, 0.25) is 0 Å². The van der Waals surface area contributed by atoms with Crippen LogP contribution in [0.5, 0.6) is 0 Å². The van der Waals surface area contributed by atoms with Crippen molar-refractivity contribution in [3.63, 3.8) is 0 Å². The number of nitrogens with one attached hydrogen (secondary N) is 1. The Balaban J connectivity index is 1.37. The van der Waals surface area contributed by atoms with E-state index in [1.807, 2.05) is 48.5 Å². The number of benzene rings is 2. The maximum Gasteiger partial charge on any atom is 0.240 e. The van der Waals surface area contributed by atoms with E-state index >= 15 is 0 Å². The quantitative estimate of drug-likeness (QED) is 0.297. The van der Waals surface area contributed by atoms with Gasteiger partial charge in [-0.3, -0.25) is 4.79 Å². The van der Waals surface area contributed by atoms with Crippen LogP contribution in [0.15, 0.2) is 64.0 Å². The molecule has 1 amide bonds. The first-order valence-corrected chi connectivity index (χ1v) is 9.47. The molecule has 2 aromatic carbocycles. The summed E-state index contributed by atoms with van der Waals surface area (Å²) in [6, 6.07) is 17.8. The Bertz CT molecular complexity index is 797. The molecule has 0 spiro atoms. The first-order chi connectivity index (χ1) is 11.8. The normalized spacial score (nSPS) is 11.2. The molecule has 122 valence electrons. The number of thiazole rings is 1. The van der Waals surface area contributed by atoms with Crippen molar-refractivity contribution in [2.24, 2.45) is 5.10 Å². The molecule has 1 heterocycles. The lowest BCUT2D eigenvalue weighted by Crippen LogP contribution is -2.17. The van der Waals surface area contributed by atoms with Crippen LogP contribution in [0.1, 0.15) is 18.4 Å². The van der Waals surface area contributed by atoms with E-state index in [1.54, 1.807) is 29.3 Å². The number of hydrogen-bond donors (Lipinski definition) is 1. The lowest BCUT2D eigenvalue weighted by Gasteiger charge is -1.99. The first-order valence-electron chi connectivity index (χ1n) is 7.66. The molecule has 0 radical (unpaired) electrons. The molecule has 0 saturated heterocycles. The van der Waals surface area contributed by atoms with Crippen LogP contribution >= 0.6 is 23.1 Å². The highest BCUT2D eigenvalue weighted by Gasteiger charge is 2.04. The van der Waals surface area contributed by atoms with Gasteiger partial charge >= 0.3 is 0 Å². The number of para-hydroxylation sites is 1. The second kappa shape index (κ2) is 8.61. The Morgan fingerprint density at radius 1 is 1.17 bits per heavy atom. The number of rotatable bonds is 7. The molecule has 0 saturated carbocycles. The third-order valence-electron chi connectivity index (χ3n) is 3.25. The Kier molecular flexibility index (Phi) is 5.98. The van der Waals surface area contributed by atoms with Crippen LogP contribution in [-0.4, -0.2) is 22.9 Å². The molecule has 0 aliphatic rings. The number of nitrogens with zero attached hydrogens (tertiary/aromatic N) is 2. The fourth-order valence-corrected chi connectivity index (χ4v) is 4.16. The van der Waals surface area contributed by atoms with E-state index in [9.17, 15) is 4.79 Å².